The number of carbonyl (C=O) groups excluding carboxylic acids is 2. The molecule has 2 rings (SSSR count). The van der Waals surface area contributed by atoms with E-state index < -0.39 is 6.09 Å². The van der Waals surface area contributed by atoms with Crippen LogP contribution in [0.5, 0.6) is 0 Å². The van der Waals surface area contributed by atoms with E-state index in [0.717, 1.165) is 10.9 Å². The van der Waals surface area contributed by atoms with Crippen molar-refractivity contribution in [2.45, 2.75) is 26.3 Å². The summed E-state index contributed by atoms with van der Waals surface area (Å²) < 4.78 is 5.23. The molecule has 6 heteroatoms. The molecule has 2 aromatic rings. The average Bonchev–Trinajstić information content (AvgIpc) is 2.56. The molecule has 0 saturated heterocycles. The van der Waals surface area contributed by atoms with E-state index in [1.165, 1.54) is 0 Å². The van der Waals surface area contributed by atoms with Gasteiger partial charge in [-0.1, -0.05) is 24.8 Å². The molecule has 0 fully saturated rings. The second kappa shape index (κ2) is 7.34. The molecule has 0 spiro atoms. The van der Waals surface area contributed by atoms with Gasteiger partial charge in [-0.05, 0) is 32.4 Å². The van der Waals surface area contributed by atoms with Crippen molar-refractivity contribution in [2.24, 2.45) is 0 Å². The number of carbonyl (C=O) groups is 2. The highest BCUT2D eigenvalue weighted by molar-refractivity contribution is 6.07. The Morgan fingerprint density at radius 2 is 1.92 bits per heavy atom. The average molecular weight is 341 g/mol. The van der Waals surface area contributed by atoms with Crippen molar-refractivity contribution in [2.75, 3.05) is 13.7 Å². The molecule has 0 aliphatic rings. The number of hydrogen-bond acceptors (Lipinski definition) is 4. The molecule has 1 heterocycles. The zero-order valence-corrected chi connectivity index (χ0v) is 15.0. The number of nitrogens with zero attached hydrogens (tertiary/aromatic N) is 1. The minimum absolute atomic E-state index is 0.0346. The summed E-state index contributed by atoms with van der Waals surface area (Å²) in [5.74, 6) is -0.184. The van der Waals surface area contributed by atoms with E-state index in [1.807, 2.05) is 39.0 Å². The zero-order chi connectivity index (χ0) is 18.6. The molecule has 0 radical (unpaired) electrons. The second-order valence-corrected chi connectivity index (χ2v) is 6.69. The Morgan fingerprint density at radius 1 is 1.20 bits per heavy atom. The van der Waals surface area contributed by atoms with Crippen molar-refractivity contribution in [3.8, 4) is 0 Å². The predicted octanol–water partition coefficient (Wildman–Crippen LogP) is 3.13. The van der Waals surface area contributed by atoms with Crippen LogP contribution in [0.2, 0.25) is 0 Å². The topological polar surface area (TPSA) is 80.3 Å². The van der Waals surface area contributed by atoms with Gasteiger partial charge in [-0.3, -0.25) is 9.78 Å². The number of nitrogens with one attached hydrogen (secondary N) is 2. The number of amides is 2. The van der Waals surface area contributed by atoms with E-state index in [1.54, 1.807) is 19.3 Å². The highest BCUT2D eigenvalue weighted by Crippen LogP contribution is 2.25. The highest BCUT2D eigenvalue weighted by Gasteiger charge is 2.16. The smallest absolute Gasteiger partial charge is 0.407 e. The molecule has 0 bridgehead atoms. The normalized spacial score (nSPS) is 11.0. The fraction of sp³-hybridized carbons (Fsp3) is 0.316. The summed E-state index contributed by atoms with van der Waals surface area (Å²) in [5.41, 5.74) is 2.16. The summed E-state index contributed by atoms with van der Waals surface area (Å²) >= 11 is 0. The van der Waals surface area contributed by atoms with E-state index in [4.69, 9.17) is 4.74 Å². The van der Waals surface area contributed by atoms with Gasteiger partial charge in [-0.15, -0.1) is 0 Å². The number of hydrogen-bond donors (Lipinski definition) is 2. The third-order valence-electron chi connectivity index (χ3n) is 3.48. The van der Waals surface area contributed by atoms with Crippen molar-refractivity contribution >= 4 is 28.5 Å². The molecule has 0 saturated carbocycles. The highest BCUT2D eigenvalue weighted by atomic mass is 16.5. The maximum absolute atomic E-state index is 12.0. The minimum Gasteiger partial charge on any atom is -0.445 e. The lowest BCUT2D eigenvalue weighted by Crippen LogP contribution is -2.41. The van der Waals surface area contributed by atoms with Gasteiger partial charge in [0.15, 0.2) is 0 Å². The van der Waals surface area contributed by atoms with E-state index in [0.29, 0.717) is 16.7 Å². The quantitative estimate of drug-likeness (QED) is 0.895. The number of aromatic nitrogens is 1. The van der Waals surface area contributed by atoms with Crippen LogP contribution in [0.25, 0.3) is 16.5 Å². The molecule has 1 aromatic heterocycles. The molecule has 6 nitrogen and oxygen atoms in total. The van der Waals surface area contributed by atoms with E-state index in [9.17, 15) is 9.59 Å². The molecule has 0 aliphatic carbocycles. The Hall–Kier alpha value is -2.89. The first kappa shape index (κ1) is 18.4. The summed E-state index contributed by atoms with van der Waals surface area (Å²) in [6.07, 6.45) is 1.07. The van der Waals surface area contributed by atoms with Crippen molar-refractivity contribution in [3.05, 3.63) is 48.2 Å². The first-order chi connectivity index (χ1) is 11.7. The lowest BCUT2D eigenvalue weighted by Gasteiger charge is -2.20. The lowest BCUT2D eigenvalue weighted by atomic mass is 10.0. The van der Waals surface area contributed by atoms with Crippen molar-refractivity contribution < 1.29 is 14.3 Å². The van der Waals surface area contributed by atoms with Gasteiger partial charge in [0.2, 0.25) is 0 Å². The van der Waals surface area contributed by atoms with Crippen LogP contribution in [-0.4, -0.2) is 36.2 Å². The summed E-state index contributed by atoms with van der Waals surface area (Å²) in [7, 11) is 1.58. The van der Waals surface area contributed by atoms with Crippen molar-refractivity contribution in [3.63, 3.8) is 0 Å². The Balaban J connectivity index is 2.25. The first-order valence-electron chi connectivity index (χ1n) is 7.96. The Bertz CT molecular complexity index is 822. The van der Waals surface area contributed by atoms with Crippen LogP contribution in [0.1, 0.15) is 36.7 Å². The van der Waals surface area contributed by atoms with E-state index in [-0.39, 0.29) is 18.1 Å². The van der Waals surface area contributed by atoms with Gasteiger partial charge >= 0.3 is 6.09 Å². The van der Waals surface area contributed by atoms with Crippen LogP contribution in [0.15, 0.2) is 37.0 Å². The van der Waals surface area contributed by atoms with Gasteiger partial charge in [0.05, 0.1) is 11.1 Å². The largest absolute Gasteiger partial charge is 0.445 e. The summed E-state index contributed by atoms with van der Waals surface area (Å²) in [6, 6.07) is 7.17. The van der Waals surface area contributed by atoms with Crippen LogP contribution in [0, 0.1) is 0 Å². The maximum atomic E-state index is 12.0. The van der Waals surface area contributed by atoms with E-state index in [2.05, 4.69) is 22.2 Å². The molecule has 2 N–H and O–H groups in total. The number of alkyl carbamates (subject to hydrolysis) is 1. The van der Waals surface area contributed by atoms with Crippen LogP contribution in [0.3, 0.4) is 0 Å². The standard InChI is InChI=1S/C19H23N3O3/c1-12(11-25-18(24)22-19(2,3)4)13-7-6-8-14-15(17(23)20-5)9-10-21-16(13)14/h6-10H,1,11H2,2-5H3,(H,20,23)(H,22,24). The van der Waals surface area contributed by atoms with Gasteiger partial charge in [0.25, 0.3) is 5.91 Å². The van der Waals surface area contributed by atoms with Gasteiger partial charge in [0.1, 0.15) is 6.61 Å². The summed E-state index contributed by atoms with van der Waals surface area (Å²) in [5, 5.41) is 6.06. The van der Waals surface area contributed by atoms with Gasteiger partial charge < -0.3 is 15.4 Å². The monoisotopic (exact) mass is 341 g/mol. The molecule has 132 valence electrons. The molecule has 1 aromatic carbocycles. The first-order valence-corrected chi connectivity index (χ1v) is 7.96. The van der Waals surface area contributed by atoms with Gasteiger partial charge in [0, 0.05) is 29.7 Å². The summed E-state index contributed by atoms with van der Waals surface area (Å²) in [4.78, 5) is 28.2. The third kappa shape index (κ3) is 4.56. The van der Waals surface area contributed by atoms with Gasteiger partial charge in [-0.25, -0.2) is 4.79 Å². The Morgan fingerprint density at radius 3 is 2.56 bits per heavy atom. The number of benzene rings is 1. The molecular weight excluding hydrogens is 318 g/mol. The molecule has 25 heavy (non-hydrogen) atoms. The summed E-state index contributed by atoms with van der Waals surface area (Å²) in [6.45, 7) is 9.65. The second-order valence-electron chi connectivity index (χ2n) is 6.69. The number of pyridine rings is 1. The zero-order valence-electron chi connectivity index (χ0n) is 15.0. The van der Waals surface area contributed by atoms with Crippen LogP contribution in [0.4, 0.5) is 4.79 Å². The Kier molecular flexibility index (Phi) is 5.41. The molecule has 0 atom stereocenters. The fourth-order valence-electron chi connectivity index (χ4n) is 2.37. The molecular formula is C19H23N3O3. The third-order valence-corrected chi connectivity index (χ3v) is 3.48. The predicted molar refractivity (Wildman–Crippen MR) is 98.4 cm³/mol. The molecule has 2 amide bonds. The fourth-order valence-corrected chi connectivity index (χ4v) is 2.37. The minimum atomic E-state index is -0.507. The lowest BCUT2D eigenvalue weighted by molar-refractivity contribution is 0.0964. The van der Waals surface area contributed by atoms with E-state index >= 15 is 0 Å². The number of fused-ring (bicyclic) bond motifs is 1. The molecule has 0 unspecified atom stereocenters. The van der Waals surface area contributed by atoms with Crippen LogP contribution in [-0.2, 0) is 4.74 Å². The SMILES string of the molecule is C=C(COC(=O)NC(C)(C)C)c1cccc2c(C(=O)NC)ccnc12. The van der Waals surface area contributed by atoms with Crippen molar-refractivity contribution in [1.29, 1.82) is 0 Å². The number of ether oxygens (including phenoxy) is 1. The number of rotatable bonds is 4. The van der Waals surface area contributed by atoms with Crippen LogP contribution >= 0.6 is 0 Å². The van der Waals surface area contributed by atoms with Gasteiger partial charge in [-0.2, -0.15) is 0 Å². The van der Waals surface area contributed by atoms with Crippen LogP contribution < -0.4 is 10.6 Å². The Labute approximate surface area is 147 Å². The van der Waals surface area contributed by atoms with Crippen molar-refractivity contribution in [1.82, 2.24) is 15.6 Å². The number of para-hydroxylation sites is 1. The maximum Gasteiger partial charge on any atom is 0.407 e. The molecule has 0 aliphatic heterocycles.